The van der Waals surface area contributed by atoms with Crippen LogP contribution in [0.5, 0.6) is 0 Å². The number of hydrogen-bond acceptors (Lipinski definition) is 5. The van der Waals surface area contributed by atoms with E-state index in [1.807, 2.05) is 18.8 Å². The Kier molecular flexibility index (Phi) is 6.94. The van der Waals surface area contributed by atoms with Gasteiger partial charge in [0, 0.05) is 30.3 Å². The molecule has 120 valence electrons. The summed E-state index contributed by atoms with van der Waals surface area (Å²) in [7, 11) is 1.92. The van der Waals surface area contributed by atoms with Crippen molar-refractivity contribution in [3.05, 3.63) is 11.4 Å². The van der Waals surface area contributed by atoms with Crippen molar-refractivity contribution >= 4 is 17.6 Å². The van der Waals surface area contributed by atoms with Gasteiger partial charge >= 0.3 is 0 Å². The molecule has 0 aliphatic heterocycles. The van der Waals surface area contributed by atoms with Gasteiger partial charge in [-0.3, -0.25) is 0 Å². The Labute approximate surface area is 134 Å². The third-order valence-electron chi connectivity index (χ3n) is 3.55. The lowest BCUT2D eigenvalue weighted by molar-refractivity contribution is 0.324. The molecule has 1 aromatic heterocycles. The lowest BCUT2D eigenvalue weighted by atomic mass is 9.95. The van der Waals surface area contributed by atoms with Gasteiger partial charge in [0.05, 0.1) is 0 Å². The Balaban J connectivity index is 2.90. The number of rotatable bonds is 7. The van der Waals surface area contributed by atoms with Crippen LogP contribution in [0.3, 0.4) is 0 Å². The van der Waals surface area contributed by atoms with E-state index in [0.29, 0.717) is 0 Å². The average Bonchev–Trinajstić information content (AvgIpc) is 2.44. The zero-order valence-electron chi connectivity index (χ0n) is 14.6. The van der Waals surface area contributed by atoms with Gasteiger partial charge in [-0.05, 0) is 20.0 Å². The molecule has 0 aliphatic carbocycles. The second-order valence-electron chi connectivity index (χ2n) is 6.20. The van der Waals surface area contributed by atoms with Crippen molar-refractivity contribution in [3.8, 4) is 0 Å². The molecule has 1 aromatic rings. The van der Waals surface area contributed by atoms with Crippen molar-refractivity contribution in [3.63, 3.8) is 0 Å². The summed E-state index contributed by atoms with van der Waals surface area (Å²) in [5.74, 6) is 2.91. The van der Waals surface area contributed by atoms with Gasteiger partial charge in [0.1, 0.15) is 16.7 Å². The standard InChI is InChI=1S/C16H30N4S/c1-8-20(9-2)10-11-21-14-12(3)13(17-7)18-15(19-14)16(4,5)6/h8-11H2,1-7H3,(H,17,18,19). The van der Waals surface area contributed by atoms with Gasteiger partial charge in [0.25, 0.3) is 0 Å². The smallest absolute Gasteiger partial charge is 0.137 e. The van der Waals surface area contributed by atoms with Crippen LogP contribution in [0, 0.1) is 6.92 Å². The van der Waals surface area contributed by atoms with E-state index in [9.17, 15) is 0 Å². The molecular weight excluding hydrogens is 280 g/mol. The van der Waals surface area contributed by atoms with E-state index in [-0.39, 0.29) is 5.41 Å². The largest absolute Gasteiger partial charge is 0.373 e. The van der Waals surface area contributed by atoms with Crippen LogP contribution in [0.2, 0.25) is 0 Å². The summed E-state index contributed by atoms with van der Waals surface area (Å²) in [5, 5.41) is 4.30. The van der Waals surface area contributed by atoms with Gasteiger partial charge in [-0.1, -0.05) is 34.6 Å². The van der Waals surface area contributed by atoms with Crippen LogP contribution in [-0.2, 0) is 5.41 Å². The van der Waals surface area contributed by atoms with Crippen LogP contribution in [0.25, 0.3) is 0 Å². The molecule has 0 saturated heterocycles. The van der Waals surface area contributed by atoms with Gasteiger partial charge in [-0.15, -0.1) is 11.8 Å². The van der Waals surface area contributed by atoms with Crippen LogP contribution in [0.4, 0.5) is 5.82 Å². The quantitative estimate of drug-likeness (QED) is 0.616. The van der Waals surface area contributed by atoms with Crippen molar-refractivity contribution in [2.75, 3.05) is 37.8 Å². The molecule has 0 fully saturated rings. The molecule has 21 heavy (non-hydrogen) atoms. The highest BCUT2D eigenvalue weighted by molar-refractivity contribution is 7.99. The number of nitrogens with zero attached hydrogens (tertiary/aromatic N) is 3. The molecular formula is C16H30N4S. The molecule has 5 heteroatoms. The maximum atomic E-state index is 4.79. The lowest BCUT2D eigenvalue weighted by Crippen LogP contribution is -2.25. The fourth-order valence-corrected chi connectivity index (χ4v) is 3.03. The highest BCUT2D eigenvalue weighted by atomic mass is 32.2. The van der Waals surface area contributed by atoms with Gasteiger partial charge in [-0.2, -0.15) is 0 Å². The first-order chi connectivity index (χ1) is 9.83. The molecule has 0 saturated carbocycles. The molecule has 0 unspecified atom stereocenters. The minimum Gasteiger partial charge on any atom is -0.373 e. The van der Waals surface area contributed by atoms with Crippen LogP contribution in [0.1, 0.15) is 46.0 Å². The number of thioether (sulfide) groups is 1. The summed E-state index contributed by atoms with van der Waals surface area (Å²) >= 11 is 1.83. The fraction of sp³-hybridized carbons (Fsp3) is 0.750. The van der Waals surface area contributed by atoms with Gasteiger partial charge in [0.15, 0.2) is 0 Å². The van der Waals surface area contributed by atoms with E-state index in [0.717, 1.165) is 47.6 Å². The van der Waals surface area contributed by atoms with E-state index < -0.39 is 0 Å². The number of hydrogen-bond donors (Lipinski definition) is 1. The molecule has 1 rings (SSSR count). The molecule has 0 radical (unpaired) electrons. The maximum absolute atomic E-state index is 4.79. The van der Waals surface area contributed by atoms with Crippen LogP contribution in [-0.4, -0.2) is 47.3 Å². The third-order valence-corrected chi connectivity index (χ3v) is 4.61. The molecule has 0 spiro atoms. The lowest BCUT2D eigenvalue weighted by Gasteiger charge is -2.21. The summed E-state index contributed by atoms with van der Waals surface area (Å²) in [6.45, 7) is 16.3. The van der Waals surface area contributed by atoms with Crippen LogP contribution in [0.15, 0.2) is 5.03 Å². The molecule has 0 aromatic carbocycles. The molecule has 0 atom stereocenters. The summed E-state index contributed by atoms with van der Waals surface area (Å²) in [6, 6.07) is 0. The van der Waals surface area contributed by atoms with E-state index in [1.54, 1.807) is 0 Å². The molecule has 0 amide bonds. The van der Waals surface area contributed by atoms with Crippen LogP contribution < -0.4 is 5.32 Å². The SMILES string of the molecule is CCN(CC)CCSc1nc(C(C)(C)C)nc(NC)c1C. The van der Waals surface area contributed by atoms with Crippen molar-refractivity contribution < 1.29 is 0 Å². The van der Waals surface area contributed by atoms with Crippen LogP contribution >= 0.6 is 11.8 Å². The van der Waals surface area contributed by atoms with E-state index in [4.69, 9.17) is 4.98 Å². The molecule has 0 aliphatic rings. The zero-order valence-corrected chi connectivity index (χ0v) is 15.4. The molecule has 4 nitrogen and oxygen atoms in total. The molecule has 0 bridgehead atoms. The Morgan fingerprint density at radius 3 is 2.24 bits per heavy atom. The first kappa shape index (κ1) is 18.2. The fourth-order valence-electron chi connectivity index (χ4n) is 2.03. The van der Waals surface area contributed by atoms with Crippen molar-refractivity contribution in [1.29, 1.82) is 0 Å². The first-order valence-corrected chi connectivity index (χ1v) is 8.74. The summed E-state index contributed by atoms with van der Waals surface area (Å²) < 4.78 is 0. The monoisotopic (exact) mass is 310 g/mol. The third kappa shape index (κ3) is 5.15. The minimum absolute atomic E-state index is 0.0342. The first-order valence-electron chi connectivity index (χ1n) is 7.75. The normalized spacial score (nSPS) is 12.0. The summed E-state index contributed by atoms with van der Waals surface area (Å²) in [4.78, 5) is 11.9. The van der Waals surface area contributed by atoms with E-state index >= 15 is 0 Å². The Morgan fingerprint density at radius 1 is 1.14 bits per heavy atom. The predicted octanol–water partition coefficient (Wildman–Crippen LogP) is 3.56. The second-order valence-corrected chi connectivity index (χ2v) is 7.28. The summed E-state index contributed by atoms with van der Waals surface area (Å²) in [5.41, 5.74) is 1.11. The van der Waals surface area contributed by atoms with Gasteiger partial charge in [-0.25, -0.2) is 9.97 Å². The minimum atomic E-state index is -0.0342. The average molecular weight is 311 g/mol. The predicted molar refractivity (Wildman–Crippen MR) is 93.5 cm³/mol. The number of nitrogens with one attached hydrogen (secondary N) is 1. The molecule has 1 N–H and O–H groups in total. The zero-order chi connectivity index (χ0) is 16.0. The summed E-state index contributed by atoms with van der Waals surface area (Å²) in [6.07, 6.45) is 0. The Morgan fingerprint density at radius 2 is 1.76 bits per heavy atom. The van der Waals surface area contributed by atoms with Crippen molar-refractivity contribution in [1.82, 2.24) is 14.9 Å². The highest BCUT2D eigenvalue weighted by Crippen LogP contribution is 2.28. The van der Waals surface area contributed by atoms with E-state index in [1.165, 1.54) is 0 Å². The van der Waals surface area contributed by atoms with Crippen molar-refractivity contribution in [2.24, 2.45) is 0 Å². The molecule has 1 heterocycles. The maximum Gasteiger partial charge on any atom is 0.137 e. The second kappa shape index (κ2) is 7.99. The number of aromatic nitrogens is 2. The van der Waals surface area contributed by atoms with Gasteiger partial charge in [0.2, 0.25) is 0 Å². The van der Waals surface area contributed by atoms with E-state index in [2.05, 4.69) is 56.7 Å². The van der Waals surface area contributed by atoms with Crippen molar-refractivity contribution in [2.45, 2.75) is 52.0 Å². The Hall–Kier alpha value is -0.810. The Bertz CT molecular complexity index is 450. The number of anilines is 1. The highest BCUT2D eigenvalue weighted by Gasteiger charge is 2.21. The topological polar surface area (TPSA) is 41.1 Å². The van der Waals surface area contributed by atoms with Gasteiger partial charge < -0.3 is 10.2 Å².